The minimum absolute atomic E-state index is 0.232. The molecule has 6 nitrogen and oxygen atoms in total. The normalized spacial score (nSPS) is 13.4. The average molecular weight is 369 g/mol. The molecule has 1 N–H and O–H groups in total. The Morgan fingerprint density at radius 3 is 2.52 bits per heavy atom. The van der Waals surface area contributed by atoms with E-state index in [1.807, 2.05) is 18.2 Å². The number of aryl methyl sites for hydroxylation is 2. The van der Waals surface area contributed by atoms with Gasteiger partial charge in [-0.1, -0.05) is 6.07 Å². The average Bonchev–Trinajstić information content (AvgIpc) is 3.15. The maximum absolute atomic E-state index is 12.4. The Balaban J connectivity index is 1.65. The molecule has 0 spiro atoms. The van der Waals surface area contributed by atoms with Gasteiger partial charge in [0.1, 0.15) is 17.1 Å². The van der Waals surface area contributed by atoms with Crippen LogP contribution < -0.4 is 14.8 Å². The molecule has 3 rings (SSSR count). The summed E-state index contributed by atoms with van der Waals surface area (Å²) >= 11 is 0. The molecule has 0 bridgehead atoms. The summed E-state index contributed by atoms with van der Waals surface area (Å²) in [6, 6.07) is 10.7. The molecule has 0 saturated heterocycles. The highest BCUT2D eigenvalue weighted by atomic mass is 16.5. The molecule has 1 atom stereocenters. The van der Waals surface area contributed by atoms with E-state index in [-0.39, 0.29) is 11.5 Å². The molecule has 142 valence electrons. The summed E-state index contributed by atoms with van der Waals surface area (Å²) in [6.07, 6.45) is 2.31. The van der Waals surface area contributed by atoms with E-state index >= 15 is 0 Å². The van der Waals surface area contributed by atoms with E-state index in [2.05, 4.69) is 5.32 Å². The van der Waals surface area contributed by atoms with Gasteiger partial charge >= 0.3 is 5.97 Å². The minimum Gasteiger partial charge on any atom is -0.497 e. The molecule has 1 unspecified atom stereocenters. The predicted molar refractivity (Wildman–Crippen MR) is 102 cm³/mol. The summed E-state index contributed by atoms with van der Waals surface area (Å²) in [6.45, 7) is 1.54. The smallest absolute Gasteiger partial charge is 0.342 e. The van der Waals surface area contributed by atoms with Crippen LogP contribution in [0.3, 0.4) is 0 Å². The minimum atomic E-state index is -0.947. The summed E-state index contributed by atoms with van der Waals surface area (Å²) in [5, 5.41) is 2.81. The first-order chi connectivity index (χ1) is 13.0. The van der Waals surface area contributed by atoms with E-state index in [0.29, 0.717) is 17.2 Å². The fourth-order valence-corrected chi connectivity index (χ4v) is 3.14. The molecule has 0 aliphatic heterocycles. The molecule has 0 aromatic heterocycles. The zero-order chi connectivity index (χ0) is 19.4. The number of benzene rings is 2. The molecule has 1 amide bonds. The highest BCUT2D eigenvalue weighted by molar-refractivity contribution is 5.98. The van der Waals surface area contributed by atoms with Crippen molar-refractivity contribution in [3.05, 3.63) is 53.1 Å². The van der Waals surface area contributed by atoms with E-state index in [1.54, 1.807) is 18.2 Å². The van der Waals surface area contributed by atoms with Crippen molar-refractivity contribution in [1.82, 2.24) is 0 Å². The lowest BCUT2D eigenvalue weighted by Gasteiger charge is -2.15. The second-order valence-electron chi connectivity index (χ2n) is 6.44. The van der Waals surface area contributed by atoms with Crippen LogP contribution in [0.4, 0.5) is 5.69 Å². The van der Waals surface area contributed by atoms with Gasteiger partial charge < -0.3 is 19.5 Å². The van der Waals surface area contributed by atoms with Crippen LogP contribution in [0.1, 0.15) is 34.8 Å². The number of hydrogen-bond donors (Lipinski definition) is 1. The van der Waals surface area contributed by atoms with Gasteiger partial charge in [0.05, 0.1) is 14.2 Å². The highest BCUT2D eigenvalue weighted by Crippen LogP contribution is 2.26. The van der Waals surface area contributed by atoms with Gasteiger partial charge in [0.15, 0.2) is 6.10 Å². The molecule has 0 radical (unpaired) electrons. The van der Waals surface area contributed by atoms with Gasteiger partial charge in [-0.25, -0.2) is 4.79 Å². The summed E-state index contributed by atoms with van der Waals surface area (Å²) in [4.78, 5) is 24.8. The Labute approximate surface area is 158 Å². The van der Waals surface area contributed by atoms with Gasteiger partial charge in [0, 0.05) is 11.8 Å². The monoisotopic (exact) mass is 369 g/mol. The van der Waals surface area contributed by atoms with Crippen molar-refractivity contribution >= 4 is 17.6 Å². The number of methoxy groups -OCH3 is 2. The van der Waals surface area contributed by atoms with Gasteiger partial charge in [0.2, 0.25) is 0 Å². The van der Waals surface area contributed by atoms with Crippen molar-refractivity contribution in [3.8, 4) is 11.5 Å². The summed E-state index contributed by atoms with van der Waals surface area (Å²) < 4.78 is 15.6. The molecule has 0 fully saturated rings. The van der Waals surface area contributed by atoms with Gasteiger partial charge in [-0.05, 0) is 61.6 Å². The van der Waals surface area contributed by atoms with E-state index in [1.165, 1.54) is 32.3 Å². The molecule has 2 aromatic carbocycles. The number of nitrogens with one attached hydrogen (secondary N) is 1. The van der Waals surface area contributed by atoms with Crippen LogP contribution in [0.15, 0.2) is 36.4 Å². The zero-order valence-electron chi connectivity index (χ0n) is 15.7. The van der Waals surface area contributed by atoms with Crippen molar-refractivity contribution in [3.63, 3.8) is 0 Å². The lowest BCUT2D eigenvalue weighted by Crippen LogP contribution is -2.30. The molecular weight excluding hydrogens is 346 g/mol. The first-order valence-electron chi connectivity index (χ1n) is 8.87. The van der Waals surface area contributed by atoms with E-state index in [0.717, 1.165) is 19.3 Å². The van der Waals surface area contributed by atoms with Crippen LogP contribution in [0, 0.1) is 0 Å². The van der Waals surface area contributed by atoms with Crippen LogP contribution in [-0.2, 0) is 22.4 Å². The Hall–Kier alpha value is -3.02. The largest absolute Gasteiger partial charge is 0.497 e. The van der Waals surface area contributed by atoms with Crippen molar-refractivity contribution in [2.24, 2.45) is 0 Å². The molecule has 0 saturated carbocycles. The molecule has 27 heavy (non-hydrogen) atoms. The topological polar surface area (TPSA) is 73.9 Å². The fraction of sp³-hybridized carbons (Fsp3) is 0.333. The summed E-state index contributed by atoms with van der Waals surface area (Å²) in [5.41, 5.74) is 3.54. The van der Waals surface area contributed by atoms with Crippen LogP contribution in [0.25, 0.3) is 0 Å². The first-order valence-corrected chi connectivity index (χ1v) is 8.87. The van der Waals surface area contributed by atoms with Gasteiger partial charge in [-0.3, -0.25) is 4.79 Å². The number of carbonyl (C=O) groups excluding carboxylic acids is 2. The van der Waals surface area contributed by atoms with Crippen molar-refractivity contribution < 1.29 is 23.8 Å². The Bertz CT molecular complexity index is 862. The molecular formula is C21H23NO5. The number of ether oxygens (including phenoxy) is 3. The number of esters is 1. The van der Waals surface area contributed by atoms with E-state index < -0.39 is 12.1 Å². The lowest BCUT2D eigenvalue weighted by atomic mass is 10.1. The maximum atomic E-state index is 12.4. The summed E-state index contributed by atoms with van der Waals surface area (Å²) in [5.74, 6) is -0.128. The van der Waals surface area contributed by atoms with Crippen LogP contribution in [0.2, 0.25) is 0 Å². The van der Waals surface area contributed by atoms with Crippen LogP contribution >= 0.6 is 0 Å². The fourth-order valence-electron chi connectivity index (χ4n) is 3.14. The zero-order valence-corrected chi connectivity index (χ0v) is 15.7. The van der Waals surface area contributed by atoms with Gasteiger partial charge in [-0.15, -0.1) is 0 Å². The molecule has 0 heterocycles. The van der Waals surface area contributed by atoms with E-state index in [9.17, 15) is 9.59 Å². The standard InChI is InChI=1S/C21H23NO5/c1-13(20(23)22-16-8-7-14-5-4-6-15(14)11-16)27-21(24)18-10-9-17(25-2)12-19(18)26-3/h7-13H,4-6H2,1-3H3,(H,22,23). The van der Waals surface area contributed by atoms with E-state index in [4.69, 9.17) is 14.2 Å². The first kappa shape index (κ1) is 18.8. The molecule has 1 aliphatic carbocycles. The third-order valence-corrected chi connectivity index (χ3v) is 4.65. The Morgan fingerprint density at radius 2 is 1.78 bits per heavy atom. The van der Waals surface area contributed by atoms with Crippen LogP contribution in [-0.4, -0.2) is 32.2 Å². The third-order valence-electron chi connectivity index (χ3n) is 4.65. The second kappa shape index (κ2) is 8.12. The number of carbonyl (C=O) groups is 2. The maximum Gasteiger partial charge on any atom is 0.342 e. The van der Waals surface area contributed by atoms with Crippen molar-refractivity contribution in [2.45, 2.75) is 32.3 Å². The predicted octanol–water partition coefficient (Wildman–Crippen LogP) is 3.38. The Morgan fingerprint density at radius 1 is 1.00 bits per heavy atom. The number of hydrogen-bond acceptors (Lipinski definition) is 5. The van der Waals surface area contributed by atoms with Gasteiger partial charge in [0.25, 0.3) is 5.91 Å². The SMILES string of the molecule is COc1ccc(C(=O)OC(C)C(=O)Nc2ccc3c(c2)CCC3)c(OC)c1. The number of amides is 1. The molecule has 6 heteroatoms. The lowest BCUT2D eigenvalue weighted by molar-refractivity contribution is -0.123. The highest BCUT2D eigenvalue weighted by Gasteiger charge is 2.22. The third kappa shape index (κ3) is 4.22. The van der Waals surface area contributed by atoms with Crippen LogP contribution in [0.5, 0.6) is 11.5 Å². The Kier molecular flexibility index (Phi) is 5.64. The van der Waals surface area contributed by atoms with Gasteiger partial charge in [-0.2, -0.15) is 0 Å². The molecule has 2 aromatic rings. The summed E-state index contributed by atoms with van der Waals surface area (Å²) in [7, 11) is 2.98. The number of fused-ring (bicyclic) bond motifs is 1. The van der Waals surface area contributed by atoms with Crippen molar-refractivity contribution in [2.75, 3.05) is 19.5 Å². The van der Waals surface area contributed by atoms with Crippen molar-refractivity contribution in [1.29, 1.82) is 0 Å². The second-order valence-corrected chi connectivity index (χ2v) is 6.44. The number of anilines is 1. The molecule has 1 aliphatic rings. The number of rotatable bonds is 6. The quantitative estimate of drug-likeness (QED) is 0.790.